The maximum Gasteiger partial charge on any atom is 0.147 e. The van der Waals surface area contributed by atoms with E-state index in [9.17, 15) is 0 Å². The van der Waals surface area contributed by atoms with Crippen LogP contribution in [0.2, 0.25) is 0 Å². The smallest absolute Gasteiger partial charge is 0.147 e. The molecule has 8 heavy (non-hydrogen) atoms. The van der Waals surface area contributed by atoms with E-state index in [1.165, 1.54) is 0 Å². The van der Waals surface area contributed by atoms with Crippen molar-refractivity contribution < 1.29 is 0 Å². The summed E-state index contributed by atoms with van der Waals surface area (Å²) in [4.78, 5) is 1.80. The second-order valence-corrected chi connectivity index (χ2v) is 1.54. The van der Waals surface area contributed by atoms with Crippen LogP contribution in [-0.4, -0.2) is 11.9 Å². The van der Waals surface area contributed by atoms with Gasteiger partial charge in [-0.05, 0) is 0 Å². The Balaban J connectivity index is 2.74. The highest BCUT2D eigenvalue weighted by Crippen LogP contribution is 2.05. The van der Waals surface area contributed by atoms with E-state index in [0.29, 0.717) is 5.82 Å². The lowest BCUT2D eigenvalue weighted by Gasteiger charge is -2.12. The van der Waals surface area contributed by atoms with Crippen molar-refractivity contribution in [2.75, 3.05) is 7.05 Å². The second kappa shape index (κ2) is 1.78. The summed E-state index contributed by atoms with van der Waals surface area (Å²) < 4.78 is 0. The molecule has 0 bridgehead atoms. The van der Waals surface area contributed by atoms with Gasteiger partial charge in [0.2, 0.25) is 0 Å². The lowest BCUT2D eigenvalue weighted by molar-refractivity contribution is 0.541. The Labute approximate surface area is 48.0 Å². The van der Waals surface area contributed by atoms with E-state index in [4.69, 9.17) is 0 Å². The Bertz CT molecular complexity index is 157. The van der Waals surface area contributed by atoms with Crippen LogP contribution in [-0.2, 0) is 0 Å². The molecule has 0 fully saturated rings. The normalized spacial score (nSPS) is 17.6. The Kier molecular flexibility index (Phi) is 1.12. The molecule has 0 spiro atoms. The number of hydrogen-bond acceptors (Lipinski definition) is 3. The zero-order chi connectivity index (χ0) is 5.98. The van der Waals surface area contributed by atoms with E-state index in [1.54, 1.807) is 17.3 Å². The molecule has 0 saturated heterocycles. The lowest BCUT2D eigenvalue weighted by atomic mass is 10.6. The summed E-state index contributed by atoms with van der Waals surface area (Å²) in [5.74, 6) is 0.674. The monoisotopic (exact) mass is 109 g/mol. The summed E-state index contributed by atoms with van der Waals surface area (Å²) in [6.07, 6.45) is 3.42. The molecule has 1 aliphatic heterocycles. The van der Waals surface area contributed by atoms with Gasteiger partial charge >= 0.3 is 0 Å². The van der Waals surface area contributed by atoms with E-state index in [0.717, 1.165) is 0 Å². The third-order valence-electron chi connectivity index (χ3n) is 0.937. The third kappa shape index (κ3) is 0.753. The van der Waals surface area contributed by atoms with Crippen LogP contribution in [0.4, 0.5) is 0 Å². The van der Waals surface area contributed by atoms with E-state index in [1.807, 2.05) is 7.05 Å². The Morgan fingerprint density at radius 1 is 1.75 bits per heavy atom. The molecule has 1 heterocycles. The van der Waals surface area contributed by atoms with Crippen molar-refractivity contribution in [1.29, 1.82) is 0 Å². The molecule has 42 valence electrons. The minimum Gasteiger partial charge on any atom is -0.333 e. The van der Waals surface area contributed by atoms with Crippen LogP contribution in [0, 0.1) is 0 Å². The van der Waals surface area contributed by atoms with Crippen LogP contribution in [0.5, 0.6) is 0 Å². The molecule has 0 aliphatic carbocycles. The fraction of sp³-hybridized carbons (Fsp3) is 0.200. The van der Waals surface area contributed by atoms with Crippen molar-refractivity contribution in [2.24, 2.45) is 10.2 Å². The predicted molar refractivity (Wildman–Crippen MR) is 30.9 cm³/mol. The summed E-state index contributed by atoms with van der Waals surface area (Å²) in [7, 11) is 1.87. The highest BCUT2D eigenvalue weighted by atomic mass is 15.3. The average Bonchev–Trinajstić information content (AvgIpc) is 1.77. The molecule has 0 aromatic carbocycles. The first-order chi connectivity index (χ1) is 3.80. The summed E-state index contributed by atoms with van der Waals surface area (Å²) in [5, 5.41) is 7.29. The van der Waals surface area contributed by atoms with Gasteiger partial charge in [0.05, 0.1) is 6.20 Å². The molecule has 0 amide bonds. The molecular formula is C5H7N3. The van der Waals surface area contributed by atoms with Gasteiger partial charge in [-0.3, -0.25) is 0 Å². The summed E-state index contributed by atoms with van der Waals surface area (Å²) in [5.41, 5.74) is 0. The van der Waals surface area contributed by atoms with Crippen molar-refractivity contribution >= 4 is 0 Å². The lowest BCUT2D eigenvalue weighted by Crippen LogP contribution is -2.08. The fourth-order valence-electron chi connectivity index (χ4n) is 0.386. The van der Waals surface area contributed by atoms with Gasteiger partial charge in [-0.1, -0.05) is 6.58 Å². The van der Waals surface area contributed by atoms with Crippen molar-refractivity contribution in [3.05, 3.63) is 24.8 Å². The minimum atomic E-state index is 0.674. The first kappa shape index (κ1) is 5.03. The van der Waals surface area contributed by atoms with Crippen LogP contribution < -0.4 is 0 Å². The van der Waals surface area contributed by atoms with Gasteiger partial charge in [0, 0.05) is 13.2 Å². The second-order valence-electron chi connectivity index (χ2n) is 1.54. The molecule has 1 aliphatic rings. The van der Waals surface area contributed by atoms with Gasteiger partial charge in [0.1, 0.15) is 5.82 Å². The maximum atomic E-state index is 3.68. The van der Waals surface area contributed by atoms with Crippen molar-refractivity contribution in [1.82, 2.24) is 4.90 Å². The van der Waals surface area contributed by atoms with Crippen LogP contribution in [0.15, 0.2) is 35.0 Å². The van der Waals surface area contributed by atoms with Crippen LogP contribution >= 0.6 is 0 Å². The highest BCUT2D eigenvalue weighted by Gasteiger charge is 1.96. The summed E-state index contributed by atoms with van der Waals surface area (Å²) in [6.45, 7) is 3.61. The average molecular weight is 109 g/mol. The van der Waals surface area contributed by atoms with Crippen LogP contribution in [0.1, 0.15) is 0 Å². The van der Waals surface area contributed by atoms with Gasteiger partial charge in [0.15, 0.2) is 0 Å². The number of nitrogens with zero attached hydrogens (tertiary/aromatic N) is 3. The van der Waals surface area contributed by atoms with E-state index < -0.39 is 0 Å². The van der Waals surface area contributed by atoms with Gasteiger partial charge < -0.3 is 4.90 Å². The molecule has 0 radical (unpaired) electrons. The van der Waals surface area contributed by atoms with E-state index >= 15 is 0 Å². The maximum absolute atomic E-state index is 3.68. The SMILES string of the molecule is C=C1N=NC=CN1C. The number of hydrogen-bond donors (Lipinski definition) is 0. The topological polar surface area (TPSA) is 28.0 Å². The minimum absolute atomic E-state index is 0.674. The van der Waals surface area contributed by atoms with Crippen LogP contribution in [0.3, 0.4) is 0 Å². The van der Waals surface area contributed by atoms with Crippen molar-refractivity contribution in [3.8, 4) is 0 Å². The van der Waals surface area contributed by atoms with Crippen molar-refractivity contribution in [2.45, 2.75) is 0 Å². The summed E-state index contributed by atoms with van der Waals surface area (Å²) >= 11 is 0. The van der Waals surface area contributed by atoms with Gasteiger partial charge in [-0.25, -0.2) is 0 Å². The predicted octanol–water partition coefficient (Wildman–Crippen LogP) is 1.33. The molecule has 0 aromatic rings. The molecule has 0 aromatic heterocycles. The van der Waals surface area contributed by atoms with Gasteiger partial charge in [-0.2, -0.15) is 5.11 Å². The molecule has 0 N–H and O–H groups in total. The molecule has 0 atom stereocenters. The number of rotatable bonds is 0. The van der Waals surface area contributed by atoms with E-state index in [-0.39, 0.29) is 0 Å². The Hall–Kier alpha value is -1.12. The quantitative estimate of drug-likeness (QED) is 0.461. The molecule has 1 rings (SSSR count). The van der Waals surface area contributed by atoms with Gasteiger partial charge in [0.25, 0.3) is 0 Å². The standard InChI is InChI=1S/C5H7N3/c1-5-7-6-3-4-8(5)2/h3-4H,1H2,2H3. The highest BCUT2D eigenvalue weighted by molar-refractivity contribution is 4.99. The number of azo groups is 1. The molecule has 0 saturated carbocycles. The van der Waals surface area contributed by atoms with Crippen LogP contribution in [0.25, 0.3) is 0 Å². The van der Waals surface area contributed by atoms with Gasteiger partial charge in [-0.15, -0.1) is 5.11 Å². The molecule has 3 nitrogen and oxygen atoms in total. The molecular weight excluding hydrogens is 102 g/mol. The summed E-state index contributed by atoms with van der Waals surface area (Å²) in [6, 6.07) is 0. The first-order valence-electron chi connectivity index (χ1n) is 2.30. The molecule has 3 heteroatoms. The largest absolute Gasteiger partial charge is 0.333 e. The van der Waals surface area contributed by atoms with Crippen molar-refractivity contribution in [3.63, 3.8) is 0 Å². The molecule has 0 unspecified atom stereocenters. The van der Waals surface area contributed by atoms with E-state index in [2.05, 4.69) is 16.8 Å². The Morgan fingerprint density at radius 3 is 2.88 bits per heavy atom. The zero-order valence-corrected chi connectivity index (χ0v) is 4.70. The zero-order valence-electron chi connectivity index (χ0n) is 4.70. The fourth-order valence-corrected chi connectivity index (χ4v) is 0.386. The Morgan fingerprint density at radius 2 is 2.50 bits per heavy atom. The first-order valence-corrected chi connectivity index (χ1v) is 2.30. The third-order valence-corrected chi connectivity index (χ3v) is 0.937.